The molecule has 0 unspecified atom stereocenters. The zero-order valence-electron chi connectivity index (χ0n) is 15.4. The van der Waals surface area contributed by atoms with Gasteiger partial charge in [-0.2, -0.15) is 0 Å². The smallest absolute Gasteiger partial charge is 0.264 e. The molecule has 0 aromatic carbocycles. The Bertz CT molecular complexity index is 850. The van der Waals surface area contributed by atoms with Gasteiger partial charge in [-0.05, 0) is 53.0 Å². The molecule has 3 amide bonds. The van der Waals surface area contributed by atoms with Crippen molar-refractivity contribution < 1.29 is 14.4 Å². The molecule has 0 saturated carbocycles. The van der Waals surface area contributed by atoms with Gasteiger partial charge in [0.2, 0.25) is 11.8 Å². The maximum atomic E-state index is 12.5. The second-order valence-corrected chi connectivity index (χ2v) is 9.09. The van der Waals surface area contributed by atoms with Gasteiger partial charge in [0.25, 0.3) is 5.91 Å². The van der Waals surface area contributed by atoms with Gasteiger partial charge in [-0.1, -0.05) is 6.07 Å². The summed E-state index contributed by atoms with van der Waals surface area (Å²) in [6.45, 7) is 1.04. The van der Waals surface area contributed by atoms with E-state index in [-0.39, 0.29) is 30.2 Å². The van der Waals surface area contributed by atoms with E-state index in [1.165, 1.54) is 16.2 Å². The Kier molecular flexibility index (Phi) is 6.79. The number of rotatable bonds is 5. The first-order valence-electron chi connectivity index (χ1n) is 8.94. The van der Waals surface area contributed by atoms with Gasteiger partial charge in [-0.15, -0.1) is 11.3 Å². The lowest BCUT2D eigenvalue weighted by molar-refractivity contribution is -0.134. The molecule has 28 heavy (non-hydrogen) atoms. The fraction of sp³-hybridized carbons (Fsp3) is 0.368. The third-order valence-electron chi connectivity index (χ3n) is 4.64. The summed E-state index contributed by atoms with van der Waals surface area (Å²) in [5, 5.41) is 2.81. The third-order valence-corrected chi connectivity index (χ3v) is 6.25. The molecule has 7 nitrogen and oxygen atoms in total. The summed E-state index contributed by atoms with van der Waals surface area (Å²) in [4.78, 5) is 45.1. The van der Waals surface area contributed by atoms with Crippen molar-refractivity contribution in [2.75, 3.05) is 32.0 Å². The average molecular weight is 465 g/mol. The molecule has 1 N–H and O–H groups in total. The zero-order valence-corrected chi connectivity index (χ0v) is 17.8. The topological polar surface area (TPSA) is 82.6 Å². The lowest BCUT2D eigenvalue weighted by atomic mass is 9.96. The summed E-state index contributed by atoms with van der Waals surface area (Å²) in [7, 11) is 1.63. The molecule has 3 heterocycles. The highest BCUT2D eigenvalue weighted by molar-refractivity contribution is 9.11. The first kappa shape index (κ1) is 20.5. The Morgan fingerprint density at radius 3 is 2.61 bits per heavy atom. The lowest BCUT2D eigenvalue weighted by Gasteiger charge is -2.32. The first-order chi connectivity index (χ1) is 13.4. The van der Waals surface area contributed by atoms with Gasteiger partial charge in [0.1, 0.15) is 5.82 Å². The van der Waals surface area contributed by atoms with Crippen LogP contribution in [0, 0.1) is 5.92 Å². The Morgan fingerprint density at radius 2 is 2.00 bits per heavy atom. The van der Waals surface area contributed by atoms with Crippen molar-refractivity contribution in [2.45, 2.75) is 12.8 Å². The number of pyridine rings is 1. The van der Waals surface area contributed by atoms with Crippen LogP contribution in [-0.2, 0) is 9.59 Å². The fourth-order valence-electron chi connectivity index (χ4n) is 3.05. The molecule has 2 aromatic rings. The van der Waals surface area contributed by atoms with E-state index in [2.05, 4.69) is 26.2 Å². The van der Waals surface area contributed by atoms with Crippen molar-refractivity contribution in [3.05, 3.63) is 45.2 Å². The van der Waals surface area contributed by atoms with E-state index in [9.17, 15) is 14.4 Å². The van der Waals surface area contributed by atoms with Gasteiger partial charge in [-0.25, -0.2) is 4.98 Å². The van der Waals surface area contributed by atoms with Crippen molar-refractivity contribution in [3.63, 3.8) is 0 Å². The van der Waals surface area contributed by atoms with Crippen molar-refractivity contribution >= 4 is 50.8 Å². The molecular weight excluding hydrogens is 444 g/mol. The first-order valence-corrected chi connectivity index (χ1v) is 10.6. The lowest BCUT2D eigenvalue weighted by Crippen LogP contribution is -2.46. The minimum atomic E-state index is -0.173. The van der Waals surface area contributed by atoms with Crippen molar-refractivity contribution in [1.29, 1.82) is 0 Å². The van der Waals surface area contributed by atoms with E-state index in [1.54, 1.807) is 36.3 Å². The summed E-state index contributed by atoms with van der Waals surface area (Å²) in [5.74, 6) is 0.0466. The van der Waals surface area contributed by atoms with E-state index in [1.807, 2.05) is 12.1 Å². The molecule has 0 bridgehead atoms. The predicted molar refractivity (Wildman–Crippen MR) is 111 cm³/mol. The molecular formula is C19H21BrN4O3S. The number of nitrogens with zero attached hydrogens (tertiary/aromatic N) is 3. The molecule has 0 aliphatic carbocycles. The highest BCUT2D eigenvalue weighted by Crippen LogP contribution is 2.23. The van der Waals surface area contributed by atoms with Crippen LogP contribution >= 0.6 is 27.3 Å². The van der Waals surface area contributed by atoms with Gasteiger partial charge < -0.3 is 15.1 Å². The highest BCUT2D eigenvalue weighted by atomic mass is 79.9. The van der Waals surface area contributed by atoms with Crippen molar-refractivity contribution in [1.82, 2.24) is 14.8 Å². The van der Waals surface area contributed by atoms with Gasteiger partial charge in [0, 0.05) is 32.3 Å². The normalized spacial score (nSPS) is 14.6. The van der Waals surface area contributed by atoms with Gasteiger partial charge in [0.15, 0.2) is 0 Å². The predicted octanol–water partition coefficient (Wildman–Crippen LogP) is 2.85. The maximum Gasteiger partial charge on any atom is 0.264 e. The number of nitrogens with one attached hydrogen (secondary N) is 1. The molecule has 148 valence electrons. The molecule has 0 atom stereocenters. The van der Waals surface area contributed by atoms with Crippen molar-refractivity contribution in [3.8, 4) is 0 Å². The van der Waals surface area contributed by atoms with Gasteiger partial charge >= 0.3 is 0 Å². The number of thiophene rings is 1. The maximum absolute atomic E-state index is 12.5. The van der Waals surface area contributed by atoms with Crippen LogP contribution in [0.4, 0.5) is 5.82 Å². The molecule has 1 fully saturated rings. The standard InChI is InChI=1S/C19H21BrN4O3S/c1-23(19(27)14-5-6-15(20)28-14)12-17(25)24-10-7-13(8-11-24)18(26)22-16-4-2-3-9-21-16/h2-6,9,13H,7-8,10-12H2,1H3,(H,21,22,26). The Balaban J connectivity index is 1.47. The second kappa shape index (κ2) is 9.29. The number of carbonyl (C=O) groups excluding carboxylic acids is 3. The summed E-state index contributed by atoms with van der Waals surface area (Å²) >= 11 is 4.68. The summed E-state index contributed by atoms with van der Waals surface area (Å²) in [6.07, 6.45) is 2.82. The number of likely N-dealkylation sites (N-methyl/N-ethyl adjacent to an activating group) is 1. The SMILES string of the molecule is CN(CC(=O)N1CCC(C(=O)Nc2ccccn2)CC1)C(=O)c1ccc(Br)s1. The van der Waals surface area contributed by atoms with Crippen LogP contribution in [0.15, 0.2) is 40.3 Å². The monoisotopic (exact) mass is 464 g/mol. The van der Waals surface area contributed by atoms with Crippen LogP contribution in [0.5, 0.6) is 0 Å². The molecule has 1 aliphatic rings. The largest absolute Gasteiger partial charge is 0.341 e. The van der Waals surface area contributed by atoms with Crippen LogP contribution in [0.1, 0.15) is 22.5 Å². The summed E-state index contributed by atoms with van der Waals surface area (Å²) < 4.78 is 0.877. The number of anilines is 1. The minimum Gasteiger partial charge on any atom is -0.341 e. The second-order valence-electron chi connectivity index (χ2n) is 6.62. The number of hydrogen-bond donors (Lipinski definition) is 1. The number of piperidine rings is 1. The number of carbonyl (C=O) groups is 3. The molecule has 9 heteroatoms. The molecule has 0 spiro atoms. The molecule has 1 aliphatic heterocycles. The molecule has 3 rings (SSSR count). The number of amides is 3. The number of likely N-dealkylation sites (tertiary alicyclic amines) is 1. The molecule has 2 aromatic heterocycles. The van der Waals surface area contributed by atoms with Gasteiger partial charge in [0.05, 0.1) is 15.2 Å². The van der Waals surface area contributed by atoms with Crippen LogP contribution in [0.2, 0.25) is 0 Å². The number of halogens is 1. The van der Waals surface area contributed by atoms with Crippen LogP contribution in [-0.4, -0.2) is 59.2 Å². The van der Waals surface area contributed by atoms with Crippen LogP contribution in [0.3, 0.4) is 0 Å². The third kappa shape index (κ3) is 5.17. The Morgan fingerprint density at radius 1 is 1.25 bits per heavy atom. The van der Waals surface area contributed by atoms with Crippen LogP contribution in [0.25, 0.3) is 0 Å². The molecule has 0 radical (unpaired) electrons. The fourth-order valence-corrected chi connectivity index (χ4v) is 4.43. The van der Waals surface area contributed by atoms with Gasteiger partial charge in [-0.3, -0.25) is 14.4 Å². The Labute approximate surface area is 175 Å². The van der Waals surface area contributed by atoms with E-state index in [0.29, 0.717) is 36.6 Å². The van der Waals surface area contributed by atoms with E-state index < -0.39 is 0 Å². The summed E-state index contributed by atoms with van der Waals surface area (Å²) in [5.41, 5.74) is 0. The van der Waals surface area contributed by atoms with Crippen LogP contribution < -0.4 is 5.32 Å². The quantitative estimate of drug-likeness (QED) is 0.737. The summed E-state index contributed by atoms with van der Waals surface area (Å²) in [6, 6.07) is 8.91. The highest BCUT2D eigenvalue weighted by Gasteiger charge is 2.28. The number of hydrogen-bond acceptors (Lipinski definition) is 5. The number of aromatic nitrogens is 1. The van der Waals surface area contributed by atoms with E-state index in [0.717, 1.165) is 3.79 Å². The van der Waals surface area contributed by atoms with E-state index in [4.69, 9.17) is 0 Å². The molecule has 1 saturated heterocycles. The van der Waals surface area contributed by atoms with Crippen molar-refractivity contribution in [2.24, 2.45) is 5.92 Å². The average Bonchev–Trinajstić information content (AvgIpc) is 3.14. The van der Waals surface area contributed by atoms with E-state index >= 15 is 0 Å². The minimum absolute atomic E-state index is 0.0269. The Hall–Kier alpha value is -2.26. The zero-order chi connectivity index (χ0) is 20.1.